The van der Waals surface area contributed by atoms with E-state index in [2.05, 4.69) is 18.1 Å². The number of ether oxygens (including phenoxy) is 2. The topological polar surface area (TPSA) is 50.8 Å². The van der Waals surface area contributed by atoms with Gasteiger partial charge in [0.2, 0.25) is 0 Å². The van der Waals surface area contributed by atoms with Crippen molar-refractivity contribution in [3.63, 3.8) is 0 Å². The molecule has 0 unspecified atom stereocenters. The third-order valence-electron chi connectivity index (χ3n) is 3.33. The molecule has 2 aromatic carbocycles. The second-order valence-electron chi connectivity index (χ2n) is 4.82. The summed E-state index contributed by atoms with van der Waals surface area (Å²) in [4.78, 5) is 12.1. The molecule has 2 amide bonds. The van der Waals surface area contributed by atoms with Gasteiger partial charge in [-0.05, 0) is 36.2 Å². The summed E-state index contributed by atoms with van der Waals surface area (Å²) < 4.78 is 11.8. The standard InChI is InChI=1S/C17H20N2O3S/c1-21-15-9-8-13(12-16(15)22-2)10-11-18-17(20)19(23)14-6-4-3-5-7-14/h3-9,12,23H,10-11H2,1-2H3,(H,18,20). The summed E-state index contributed by atoms with van der Waals surface area (Å²) in [6, 6.07) is 14.7. The van der Waals surface area contributed by atoms with Crippen LogP contribution in [0, 0.1) is 0 Å². The van der Waals surface area contributed by atoms with Crippen molar-refractivity contribution in [2.24, 2.45) is 0 Å². The Bertz CT molecular complexity index is 650. The minimum Gasteiger partial charge on any atom is -0.493 e. The van der Waals surface area contributed by atoms with E-state index in [0.717, 1.165) is 11.3 Å². The van der Waals surface area contributed by atoms with Crippen molar-refractivity contribution < 1.29 is 14.3 Å². The van der Waals surface area contributed by atoms with E-state index in [4.69, 9.17) is 9.47 Å². The van der Waals surface area contributed by atoms with Crippen LogP contribution in [0.1, 0.15) is 5.56 Å². The molecule has 0 spiro atoms. The van der Waals surface area contributed by atoms with E-state index < -0.39 is 0 Å². The zero-order valence-corrected chi connectivity index (χ0v) is 14.0. The van der Waals surface area contributed by atoms with Crippen LogP contribution in [0.5, 0.6) is 11.5 Å². The lowest BCUT2D eigenvalue weighted by Gasteiger charge is -2.16. The van der Waals surface area contributed by atoms with Gasteiger partial charge in [-0.15, -0.1) is 0 Å². The number of benzene rings is 2. The summed E-state index contributed by atoms with van der Waals surface area (Å²) in [5.74, 6) is 1.36. The molecule has 23 heavy (non-hydrogen) atoms. The Kier molecular flexibility index (Phi) is 6.17. The summed E-state index contributed by atoms with van der Waals surface area (Å²) in [7, 11) is 3.20. The van der Waals surface area contributed by atoms with Crippen molar-refractivity contribution in [1.29, 1.82) is 0 Å². The molecule has 0 aliphatic rings. The van der Waals surface area contributed by atoms with Crippen LogP contribution in [-0.4, -0.2) is 26.8 Å². The molecule has 5 nitrogen and oxygen atoms in total. The third kappa shape index (κ3) is 4.56. The van der Waals surface area contributed by atoms with Crippen molar-refractivity contribution in [2.75, 3.05) is 25.1 Å². The second kappa shape index (κ2) is 8.33. The number of hydrogen-bond acceptors (Lipinski definition) is 4. The zero-order chi connectivity index (χ0) is 16.7. The highest BCUT2D eigenvalue weighted by atomic mass is 32.1. The van der Waals surface area contributed by atoms with Gasteiger partial charge in [0, 0.05) is 6.54 Å². The van der Waals surface area contributed by atoms with Crippen LogP contribution in [0.4, 0.5) is 10.5 Å². The molecule has 0 aromatic heterocycles. The molecule has 0 fully saturated rings. The summed E-state index contributed by atoms with van der Waals surface area (Å²) in [6.07, 6.45) is 0.683. The molecule has 0 aliphatic carbocycles. The summed E-state index contributed by atoms with van der Waals surface area (Å²) >= 11 is 4.22. The van der Waals surface area contributed by atoms with Crippen LogP contribution < -0.4 is 19.1 Å². The number of hydrogen-bond donors (Lipinski definition) is 2. The number of methoxy groups -OCH3 is 2. The average molecular weight is 332 g/mol. The van der Waals surface area contributed by atoms with Gasteiger partial charge in [0.15, 0.2) is 11.5 Å². The normalized spacial score (nSPS) is 10.0. The van der Waals surface area contributed by atoms with E-state index in [9.17, 15) is 4.79 Å². The molecule has 0 bridgehead atoms. The number of nitrogens with one attached hydrogen (secondary N) is 1. The molecule has 0 aliphatic heterocycles. The maximum Gasteiger partial charge on any atom is 0.331 e. The summed E-state index contributed by atoms with van der Waals surface area (Å²) in [5, 5.41) is 2.83. The number of thiol groups is 1. The van der Waals surface area contributed by atoms with Crippen LogP contribution in [0.3, 0.4) is 0 Å². The number of carbonyl (C=O) groups excluding carboxylic acids is 1. The fourth-order valence-corrected chi connectivity index (χ4v) is 2.32. The fourth-order valence-electron chi connectivity index (χ4n) is 2.11. The van der Waals surface area contributed by atoms with Gasteiger partial charge < -0.3 is 14.8 Å². The van der Waals surface area contributed by atoms with E-state index in [0.29, 0.717) is 24.5 Å². The lowest BCUT2D eigenvalue weighted by atomic mass is 10.1. The van der Waals surface area contributed by atoms with E-state index in [-0.39, 0.29) is 6.03 Å². The van der Waals surface area contributed by atoms with Gasteiger partial charge in [-0.25, -0.2) is 9.10 Å². The van der Waals surface area contributed by atoms with Gasteiger partial charge in [-0.3, -0.25) is 0 Å². The Morgan fingerprint density at radius 2 is 1.78 bits per heavy atom. The molecule has 0 radical (unpaired) electrons. The first-order valence-corrected chi connectivity index (χ1v) is 7.58. The highest BCUT2D eigenvalue weighted by molar-refractivity contribution is 7.82. The Morgan fingerprint density at radius 3 is 2.43 bits per heavy atom. The lowest BCUT2D eigenvalue weighted by molar-refractivity contribution is 0.250. The number of urea groups is 1. The lowest BCUT2D eigenvalue weighted by Crippen LogP contribution is -2.35. The second-order valence-corrected chi connectivity index (χ2v) is 5.22. The van der Waals surface area contributed by atoms with Gasteiger partial charge in [0.05, 0.1) is 19.9 Å². The monoisotopic (exact) mass is 332 g/mol. The third-order valence-corrected chi connectivity index (χ3v) is 3.74. The Hall–Kier alpha value is -2.34. The maximum atomic E-state index is 12.1. The van der Waals surface area contributed by atoms with Crippen LogP contribution in [0.25, 0.3) is 0 Å². The predicted molar refractivity (Wildman–Crippen MR) is 94.6 cm³/mol. The van der Waals surface area contributed by atoms with Crippen LogP contribution in [0.2, 0.25) is 0 Å². The highest BCUT2D eigenvalue weighted by Gasteiger charge is 2.11. The first-order chi connectivity index (χ1) is 11.2. The van der Waals surface area contributed by atoms with E-state index >= 15 is 0 Å². The Labute approximate surface area is 141 Å². The smallest absolute Gasteiger partial charge is 0.331 e. The Morgan fingerprint density at radius 1 is 1.09 bits per heavy atom. The number of amides is 2. The number of rotatable bonds is 6. The molecule has 0 saturated carbocycles. The fraction of sp³-hybridized carbons (Fsp3) is 0.235. The summed E-state index contributed by atoms with van der Waals surface area (Å²) in [6.45, 7) is 0.498. The molecule has 0 heterocycles. The van der Waals surface area contributed by atoms with Gasteiger partial charge >= 0.3 is 6.03 Å². The Balaban J connectivity index is 1.88. The SMILES string of the molecule is COc1ccc(CCNC(=O)N(S)c2ccccc2)cc1OC. The van der Waals surface area contributed by atoms with Crippen LogP contribution >= 0.6 is 12.8 Å². The van der Waals surface area contributed by atoms with Gasteiger partial charge in [-0.2, -0.15) is 0 Å². The first kappa shape index (κ1) is 17.0. The number of nitrogens with zero attached hydrogens (tertiary/aromatic N) is 1. The highest BCUT2D eigenvalue weighted by Crippen LogP contribution is 2.27. The average Bonchev–Trinajstić information content (AvgIpc) is 2.61. The zero-order valence-electron chi connectivity index (χ0n) is 13.2. The molecular weight excluding hydrogens is 312 g/mol. The first-order valence-electron chi connectivity index (χ1n) is 7.18. The van der Waals surface area contributed by atoms with E-state index in [1.807, 2.05) is 48.5 Å². The summed E-state index contributed by atoms with van der Waals surface area (Å²) in [5.41, 5.74) is 1.77. The number of carbonyl (C=O) groups is 1. The minimum absolute atomic E-state index is 0.264. The molecule has 0 atom stereocenters. The molecule has 2 rings (SSSR count). The number of para-hydroxylation sites is 1. The van der Waals surface area contributed by atoms with Gasteiger partial charge in [0.25, 0.3) is 0 Å². The number of anilines is 1. The van der Waals surface area contributed by atoms with Crippen molar-refractivity contribution in [3.05, 3.63) is 54.1 Å². The van der Waals surface area contributed by atoms with Crippen LogP contribution in [0.15, 0.2) is 48.5 Å². The van der Waals surface area contributed by atoms with Crippen molar-refractivity contribution in [1.82, 2.24) is 5.32 Å². The molecule has 2 aromatic rings. The molecule has 1 N–H and O–H groups in total. The minimum atomic E-state index is -0.264. The predicted octanol–water partition coefficient (Wildman–Crippen LogP) is 3.31. The maximum absolute atomic E-state index is 12.1. The molecule has 0 saturated heterocycles. The largest absolute Gasteiger partial charge is 0.493 e. The molecular formula is C17H20N2O3S. The van der Waals surface area contributed by atoms with Crippen molar-refractivity contribution in [3.8, 4) is 11.5 Å². The van der Waals surface area contributed by atoms with Crippen molar-refractivity contribution >= 4 is 24.5 Å². The molecule has 122 valence electrons. The van der Waals surface area contributed by atoms with E-state index in [1.165, 1.54) is 4.31 Å². The van der Waals surface area contributed by atoms with Gasteiger partial charge in [0.1, 0.15) is 0 Å². The molecule has 6 heteroatoms. The van der Waals surface area contributed by atoms with Crippen molar-refractivity contribution in [2.45, 2.75) is 6.42 Å². The van der Waals surface area contributed by atoms with Gasteiger partial charge in [-0.1, -0.05) is 37.1 Å². The van der Waals surface area contributed by atoms with E-state index in [1.54, 1.807) is 14.2 Å². The van der Waals surface area contributed by atoms with Crippen LogP contribution in [-0.2, 0) is 6.42 Å². The quantitative estimate of drug-likeness (QED) is 0.798.